The Hall–Kier alpha value is -2.33. The smallest absolute Gasteiger partial charge is 0.326 e. The molecule has 0 saturated carbocycles. The fourth-order valence-electron chi connectivity index (χ4n) is 2.13. The van der Waals surface area contributed by atoms with Crippen molar-refractivity contribution in [2.24, 2.45) is 0 Å². The Balaban J connectivity index is 2.14. The van der Waals surface area contributed by atoms with Crippen LogP contribution in [-0.2, 0) is 0 Å². The van der Waals surface area contributed by atoms with Gasteiger partial charge in [-0.15, -0.1) is 0 Å². The first-order chi connectivity index (χ1) is 9.99. The maximum absolute atomic E-state index is 12.3. The summed E-state index contributed by atoms with van der Waals surface area (Å²) >= 11 is 0. The van der Waals surface area contributed by atoms with Crippen molar-refractivity contribution in [2.75, 3.05) is 17.3 Å². The lowest BCUT2D eigenvalue weighted by Crippen LogP contribution is -2.31. The number of anilines is 2. The minimum absolute atomic E-state index is 0.216. The summed E-state index contributed by atoms with van der Waals surface area (Å²) in [7, 11) is 1.73. The van der Waals surface area contributed by atoms with Gasteiger partial charge >= 0.3 is 6.03 Å². The molecule has 0 saturated heterocycles. The number of para-hydroxylation sites is 1. The SMILES string of the molecule is Cc1ccccc1N(C)C(=O)Nc1cccc(C(C)O)c1. The Morgan fingerprint density at radius 2 is 1.90 bits per heavy atom. The molecule has 0 aliphatic heterocycles. The van der Waals surface area contributed by atoms with E-state index in [0.717, 1.165) is 16.8 Å². The summed E-state index contributed by atoms with van der Waals surface area (Å²) in [6.45, 7) is 3.66. The number of amides is 2. The molecular weight excluding hydrogens is 264 g/mol. The van der Waals surface area contributed by atoms with Crippen LogP contribution in [0.4, 0.5) is 16.2 Å². The van der Waals surface area contributed by atoms with Crippen molar-refractivity contribution in [3.63, 3.8) is 0 Å². The largest absolute Gasteiger partial charge is 0.389 e. The first kappa shape index (κ1) is 15.1. The molecule has 0 aliphatic carbocycles. The normalized spacial score (nSPS) is 11.8. The molecule has 0 spiro atoms. The van der Waals surface area contributed by atoms with Crippen LogP contribution >= 0.6 is 0 Å². The third-order valence-electron chi connectivity index (χ3n) is 3.40. The van der Waals surface area contributed by atoms with E-state index in [4.69, 9.17) is 0 Å². The van der Waals surface area contributed by atoms with Crippen LogP contribution in [0, 0.1) is 6.92 Å². The number of benzene rings is 2. The molecule has 2 rings (SSSR count). The van der Waals surface area contributed by atoms with Crippen molar-refractivity contribution in [1.82, 2.24) is 0 Å². The molecular formula is C17H20N2O2. The van der Waals surface area contributed by atoms with Crippen molar-refractivity contribution >= 4 is 17.4 Å². The number of nitrogens with zero attached hydrogens (tertiary/aromatic N) is 1. The Labute approximate surface area is 125 Å². The van der Waals surface area contributed by atoms with E-state index < -0.39 is 6.10 Å². The van der Waals surface area contributed by atoms with E-state index in [1.165, 1.54) is 0 Å². The van der Waals surface area contributed by atoms with Crippen molar-refractivity contribution in [1.29, 1.82) is 0 Å². The second-order valence-electron chi connectivity index (χ2n) is 5.08. The molecule has 2 N–H and O–H groups in total. The molecule has 0 aliphatic rings. The molecule has 4 heteroatoms. The topological polar surface area (TPSA) is 52.6 Å². The van der Waals surface area contributed by atoms with Crippen molar-refractivity contribution in [2.45, 2.75) is 20.0 Å². The molecule has 0 fully saturated rings. The summed E-state index contributed by atoms with van der Waals surface area (Å²) in [4.78, 5) is 13.9. The molecule has 4 nitrogen and oxygen atoms in total. The minimum Gasteiger partial charge on any atom is -0.389 e. The first-order valence-electron chi connectivity index (χ1n) is 6.87. The second-order valence-corrected chi connectivity index (χ2v) is 5.08. The summed E-state index contributed by atoms with van der Waals surface area (Å²) in [5.74, 6) is 0. The lowest BCUT2D eigenvalue weighted by Gasteiger charge is -2.20. The lowest BCUT2D eigenvalue weighted by molar-refractivity contribution is 0.199. The van der Waals surface area contributed by atoms with Gasteiger partial charge in [0.2, 0.25) is 0 Å². The lowest BCUT2D eigenvalue weighted by atomic mass is 10.1. The number of carbonyl (C=O) groups is 1. The molecule has 1 unspecified atom stereocenters. The van der Waals surface area contributed by atoms with Gasteiger partial charge in [-0.05, 0) is 43.2 Å². The highest BCUT2D eigenvalue weighted by Gasteiger charge is 2.13. The van der Waals surface area contributed by atoms with E-state index in [0.29, 0.717) is 5.69 Å². The number of aryl methyl sites for hydroxylation is 1. The standard InChI is InChI=1S/C17H20N2O2/c1-12-7-4-5-10-16(12)19(3)17(21)18-15-9-6-8-14(11-15)13(2)20/h4-11,13,20H,1-3H3,(H,18,21). The Bertz CT molecular complexity index is 638. The van der Waals surface area contributed by atoms with Crippen molar-refractivity contribution in [3.8, 4) is 0 Å². The van der Waals surface area contributed by atoms with Crippen molar-refractivity contribution < 1.29 is 9.90 Å². The summed E-state index contributed by atoms with van der Waals surface area (Å²) in [6.07, 6.45) is -0.559. The monoisotopic (exact) mass is 284 g/mol. The van der Waals surface area contributed by atoms with E-state index in [9.17, 15) is 9.90 Å². The highest BCUT2D eigenvalue weighted by atomic mass is 16.3. The van der Waals surface area contributed by atoms with E-state index in [1.807, 2.05) is 43.3 Å². The number of hydrogen-bond donors (Lipinski definition) is 2. The van der Waals surface area contributed by atoms with Gasteiger partial charge in [0.15, 0.2) is 0 Å². The molecule has 110 valence electrons. The number of rotatable bonds is 3. The van der Waals surface area contributed by atoms with Crippen LogP contribution in [0.2, 0.25) is 0 Å². The fraction of sp³-hybridized carbons (Fsp3) is 0.235. The first-order valence-corrected chi connectivity index (χ1v) is 6.87. The second kappa shape index (κ2) is 6.41. The molecule has 0 heterocycles. The Morgan fingerprint density at radius 3 is 2.57 bits per heavy atom. The number of hydrogen-bond acceptors (Lipinski definition) is 2. The third-order valence-corrected chi connectivity index (χ3v) is 3.40. The van der Waals surface area contributed by atoms with Gasteiger partial charge in [0, 0.05) is 18.4 Å². The Kier molecular flexibility index (Phi) is 4.60. The van der Waals surface area contributed by atoms with Gasteiger partial charge < -0.3 is 10.4 Å². The van der Waals surface area contributed by atoms with Gasteiger partial charge in [0.1, 0.15) is 0 Å². The van der Waals surface area contributed by atoms with Crippen LogP contribution in [0.5, 0.6) is 0 Å². The zero-order chi connectivity index (χ0) is 15.4. The maximum Gasteiger partial charge on any atom is 0.326 e. The van der Waals surface area contributed by atoms with Crippen LogP contribution in [0.15, 0.2) is 48.5 Å². The van der Waals surface area contributed by atoms with E-state index >= 15 is 0 Å². The van der Waals surface area contributed by atoms with E-state index in [-0.39, 0.29) is 6.03 Å². The molecule has 2 aromatic carbocycles. The number of aliphatic hydroxyl groups is 1. The Morgan fingerprint density at radius 1 is 1.19 bits per heavy atom. The van der Waals surface area contributed by atoms with Gasteiger partial charge in [0.25, 0.3) is 0 Å². The number of aliphatic hydroxyl groups excluding tert-OH is 1. The van der Waals surface area contributed by atoms with Crippen LogP contribution < -0.4 is 10.2 Å². The van der Waals surface area contributed by atoms with Gasteiger partial charge in [-0.3, -0.25) is 4.90 Å². The van der Waals surface area contributed by atoms with Crippen molar-refractivity contribution in [3.05, 3.63) is 59.7 Å². The van der Waals surface area contributed by atoms with Gasteiger partial charge in [0.05, 0.1) is 6.10 Å². The number of carbonyl (C=O) groups excluding carboxylic acids is 1. The summed E-state index contributed by atoms with van der Waals surface area (Å²) < 4.78 is 0. The van der Waals surface area contributed by atoms with Gasteiger partial charge in [-0.25, -0.2) is 4.79 Å². The van der Waals surface area contributed by atoms with E-state index in [1.54, 1.807) is 31.0 Å². The maximum atomic E-state index is 12.3. The molecule has 0 radical (unpaired) electrons. The number of urea groups is 1. The average molecular weight is 284 g/mol. The predicted octanol–water partition coefficient (Wildman–Crippen LogP) is 3.72. The van der Waals surface area contributed by atoms with Gasteiger partial charge in [-0.2, -0.15) is 0 Å². The molecule has 0 aromatic heterocycles. The molecule has 1 atom stereocenters. The van der Waals surface area contributed by atoms with Gasteiger partial charge in [-0.1, -0.05) is 30.3 Å². The van der Waals surface area contributed by atoms with Crippen LogP contribution in [-0.4, -0.2) is 18.2 Å². The summed E-state index contributed by atoms with van der Waals surface area (Å²) in [5.41, 5.74) is 3.33. The summed E-state index contributed by atoms with van der Waals surface area (Å²) in [6, 6.07) is 14.7. The quantitative estimate of drug-likeness (QED) is 0.902. The average Bonchev–Trinajstić information content (AvgIpc) is 2.47. The van der Waals surface area contributed by atoms with E-state index in [2.05, 4.69) is 5.32 Å². The van der Waals surface area contributed by atoms with Crippen LogP contribution in [0.1, 0.15) is 24.2 Å². The molecule has 21 heavy (non-hydrogen) atoms. The summed E-state index contributed by atoms with van der Waals surface area (Å²) in [5, 5.41) is 12.4. The minimum atomic E-state index is -0.559. The molecule has 2 aromatic rings. The highest BCUT2D eigenvalue weighted by Crippen LogP contribution is 2.20. The third kappa shape index (κ3) is 3.61. The molecule has 2 amide bonds. The fourth-order valence-corrected chi connectivity index (χ4v) is 2.13. The van der Waals surface area contributed by atoms with Crippen LogP contribution in [0.25, 0.3) is 0 Å². The van der Waals surface area contributed by atoms with Crippen LogP contribution in [0.3, 0.4) is 0 Å². The zero-order valence-corrected chi connectivity index (χ0v) is 12.5. The zero-order valence-electron chi connectivity index (χ0n) is 12.5. The predicted molar refractivity (Wildman–Crippen MR) is 85.7 cm³/mol. The number of nitrogens with one attached hydrogen (secondary N) is 1. The molecule has 0 bridgehead atoms. The highest BCUT2D eigenvalue weighted by molar-refractivity contribution is 6.01.